The van der Waals surface area contributed by atoms with Gasteiger partial charge in [0.15, 0.2) is 0 Å². The topological polar surface area (TPSA) is 12.9 Å². The van der Waals surface area contributed by atoms with Gasteiger partial charge in [-0.05, 0) is 23.1 Å². The van der Waals surface area contributed by atoms with Gasteiger partial charge in [-0.25, -0.2) is 0 Å². The molecular weight excluding hydrogens is 170 g/mol. The molecule has 1 aromatic heterocycles. The molecule has 0 amide bonds. The standard InChI is InChI=1S/C11H13N.C2H6/c1-8-6-10-4-3-5-12-11(10)7-9(8)2;1-2/h3-9H,1-2H3;1-2H3. The molecule has 0 fully saturated rings. The second-order valence-corrected chi connectivity index (χ2v) is 3.53. The zero-order valence-electron chi connectivity index (χ0n) is 9.49. The first kappa shape index (κ1) is 11.0. The number of nitrogens with zero attached hydrogens (tertiary/aromatic N) is 1. The van der Waals surface area contributed by atoms with Crippen LogP contribution in [0.1, 0.15) is 27.7 Å². The molecule has 1 aliphatic carbocycles. The molecule has 1 aromatic rings. The Morgan fingerprint density at radius 3 is 2.43 bits per heavy atom. The van der Waals surface area contributed by atoms with Gasteiger partial charge in [-0.3, -0.25) is 4.98 Å². The van der Waals surface area contributed by atoms with Crippen LogP contribution in [0.25, 0.3) is 12.2 Å². The maximum absolute atomic E-state index is 4.32. The van der Waals surface area contributed by atoms with E-state index in [2.05, 4.69) is 37.0 Å². The maximum atomic E-state index is 4.32. The lowest BCUT2D eigenvalue weighted by Crippen LogP contribution is -2.33. The molecule has 0 aliphatic heterocycles. The van der Waals surface area contributed by atoms with Gasteiger partial charge in [0.2, 0.25) is 0 Å². The normalized spacial score (nSPS) is 23.4. The summed E-state index contributed by atoms with van der Waals surface area (Å²) in [4.78, 5) is 4.32. The minimum absolute atomic E-state index is 0.618. The first-order valence-corrected chi connectivity index (χ1v) is 5.42. The quantitative estimate of drug-likeness (QED) is 0.608. The average Bonchev–Trinajstić information content (AvgIpc) is 2.23. The van der Waals surface area contributed by atoms with E-state index in [1.54, 1.807) is 0 Å². The number of pyridine rings is 1. The molecule has 1 heterocycles. The van der Waals surface area contributed by atoms with Gasteiger partial charge in [-0.15, -0.1) is 0 Å². The molecule has 1 heteroatoms. The lowest BCUT2D eigenvalue weighted by molar-refractivity contribution is 0.606. The lowest BCUT2D eigenvalue weighted by atomic mass is 9.91. The summed E-state index contributed by atoms with van der Waals surface area (Å²) >= 11 is 0. The fourth-order valence-electron chi connectivity index (χ4n) is 1.55. The van der Waals surface area contributed by atoms with Gasteiger partial charge in [-0.1, -0.05) is 45.9 Å². The predicted molar refractivity (Wildman–Crippen MR) is 62.1 cm³/mol. The lowest BCUT2D eigenvalue weighted by Gasteiger charge is -2.15. The van der Waals surface area contributed by atoms with Crippen LogP contribution in [0.3, 0.4) is 0 Å². The van der Waals surface area contributed by atoms with Crippen LogP contribution in [0.15, 0.2) is 18.3 Å². The van der Waals surface area contributed by atoms with E-state index in [-0.39, 0.29) is 0 Å². The molecule has 0 saturated heterocycles. The molecule has 1 aliphatic rings. The fraction of sp³-hybridized carbons (Fsp3) is 0.462. The molecule has 0 radical (unpaired) electrons. The minimum Gasteiger partial charge on any atom is -0.257 e. The van der Waals surface area contributed by atoms with Crippen molar-refractivity contribution in [2.75, 3.05) is 0 Å². The van der Waals surface area contributed by atoms with Crippen molar-refractivity contribution in [1.82, 2.24) is 4.98 Å². The van der Waals surface area contributed by atoms with Crippen molar-refractivity contribution in [3.63, 3.8) is 0 Å². The first-order valence-electron chi connectivity index (χ1n) is 5.42. The van der Waals surface area contributed by atoms with Crippen molar-refractivity contribution >= 4 is 12.2 Å². The van der Waals surface area contributed by atoms with Crippen molar-refractivity contribution < 1.29 is 0 Å². The summed E-state index contributed by atoms with van der Waals surface area (Å²) in [5.74, 6) is 1.26. The van der Waals surface area contributed by atoms with Crippen LogP contribution >= 0.6 is 0 Å². The molecule has 2 unspecified atom stereocenters. The molecule has 0 N–H and O–H groups in total. The van der Waals surface area contributed by atoms with Crippen LogP contribution in [-0.2, 0) is 0 Å². The Kier molecular flexibility index (Phi) is 3.87. The molecule has 14 heavy (non-hydrogen) atoms. The maximum Gasteiger partial charge on any atom is 0.0661 e. The molecule has 0 saturated carbocycles. The zero-order valence-corrected chi connectivity index (χ0v) is 9.49. The molecular formula is C13H19N. The highest BCUT2D eigenvalue weighted by atomic mass is 14.6. The highest BCUT2D eigenvalue weighted by molar-refractivity contribution is 5.39. The largest absolute Gasteiger partial charge is 0.257 e. The van der Waals surface area contributed by atoms with Gasteiger partial charge in [-0.2, -0.15) is 0 Å². The predicted octanol–water partition coefficient (Wildman–Crippen LogP) is 1.95. The van der Waals surface area contributed by atoms with Crippen LogP contribution in [0.2, 0.25) is 0 Å². The Labute approximate surface area is 86.2 Å². The second-order valence-electron chi connectivity index (χ2n) is 3.53. The van der Waals surface area contributed by atoms with Gasteiger partial charge in [0, 0.05) is 6.20 Å². The van der Waals surface area contributed by atoms with E-state index < -0.39 is 0 Å². The van der Waals surface area contributed by atoms with E-state index in [9.17, 15) is 0 Å². The molecule has 76 valence electrons. The smallest absolute Gasteiger partial charge is 0.0661 e. The zero-order chi connectivity index (χ0) is 10.6. The Hall–Kier alpha value is -1.11. The van der Waals surface area contributed by atoms with Crippen molar-refractivity contribution in [3.8, 4) is 0 Å². The van der Waals surface area contributed by atoms with Crippen molar-refractivity contribution in [2.45, 2.75) is 27.7 Å². The van der Waals surface area contributed by atoms with Crippen LogP contribution < -0.4 is 10.6 Å². The number of rotatable bonds is 0. The highest BCUT2D eigenvalue weighted by Gasteiger charge is 2.09. The molecule has 2 atom stereocenters. The van der Waals surface area contributed by atoms with Crippen molar-refractivity contribution in [3.05, 3.63) is 28.9 Å². The average molecular weight is 189 g/mol. The van der Waals surface area contributed by atoms with Gasteiger partial charge in [0.05, 0.1) is 5.35 Å². The third-order valence-corrected chi connectivity index (χ3v) is 2.56. The van der Waals surface area contributed by atoms with Gasteiger partial charge in [0.25, 0.3) is 0 Å². The Morgan fingerprint density at radius 1 is 1.07 bits per heavy atom. The number of fused-ring (bicyclic) bond motifs is 1. The molecule has 0 aromatic carbocycles. The van der Waals surface area contributed by atoms with Crippen LogP contribution in [0, 0.1) is 11.8 Å². The van der Waals surface area contributed by atoms with Gasteiger partial charge in [0.1, 0.15) is 0 Å². The number of hydrogen-bond acceptors (Lipinski definition) is 1. The molecule has 1 nitrogen and oxygen atoms in total. The monoisotopic (exact) mass is 189 g/mol. The molecule has 0 bridgehead atoms. The van der Waals surface area contributed by atoms with E-state index in [0.717, 1.165) is 5.35 Å². The van der Waals surface area contributed by atoms with Gasteiger partial charge < -0.3 is 0 Å². The third-order valence-electron chi connectivity index (χ3n) is 2.56. The van der Waals surface area contributed by atoms with Crippen LogP contribution in [0.4, 0.5) is 0 Å². The SMILES string of the molecule is CC.CC1C=c2cccnc2=CC1C. The summed E-state index contributed by atoms with van der Waals surface area (Å²) in [7, 11) is 0. The Morgan fingerprint density at radius 2 is 1.71 bits per heavy atom. The summed E-state index contributed by atoms with van der Waals surface area (Å²) in [6.45, 7) is 8.48. The van der Waals surface area contributed by atoms with Gasteiger partial charge >= 0.3 is 0 Å². The summed E-state index contributed by atoms with van der Waals surface area (Å²) < 4.78 is 0. The Balaban J connectivity index is 0.000000461. The summed E-state index contributed by atoms with van der Waals surface area (Å²) in [6.07, 6.45) is 6.40. The van der Waals surface area contributed by atoms with Crippen LogP contribution in [-0.4, -0.2) is 4.98 Å². The minimum atomic E-state index is 0.618. The van der Waals surface area contributed by atoms with E-state index in [1.807, 2.05) is 26.1 Å². The molecule has 0 spiro atoms. The van der Waals surface area contributed by atoms with E-state index in [0.29, 0.717) is 11.8 Å². The van der Waals surface area contributed by atoms with E-state index in [1.165, 1.54) is 5.22 Å². The van der Waals surface area contributed by atoms with Crippen LogP contribution in [0.5, 0.6) is 0 Å². The number of aromatic nitrogens is 1. The first-order chi connectivity index (χ1) is 6.77. The Bertz CT molecular complexity index is 353. The highest BCUT2D eigenvalue weighted by Crippen LogP contribution is 2.14. The summed E-state index contributed by atoms with van der Waals surface area (Å²) in [6, 6.07) is 4.12. The fourth-order valence-corrected chi connectivity index (χ4v) is 1.55. The van der Waals surface area contributed by atoms with E-state index >= 15 is 0 Å². The third kappa shape index (κ3) is 2.22. The molecule has 2 rings (SSSR count). The summed E-state index contributed by atoms with van der Waals surface area (Å²) in [5, 5.41) is 2.42. The van der Waals surface area contributed by atoms with E-state index in [4.69, 9.17) is 0 Å². The summed E-state index contributed by atoms with van der Waals surface area (Å²) in [5.41, 5.74) is 0. The van der Waals surface area contributed by atoms with Crippen molar-refractivity contribution in [2.24, 2.45) is 11.8 Å². The second kappa shape index (κ2) is 4.94. The van der Waals surface area contributed by atoms with Crippen molar-refractivity contribution in [1.29, 1.82) is 0 Å². The number of hydrogen-bond donors (Lipinski definition) is 0.